The highest BCUT2D eigenvalue weighted by molar-refractivity contribution is 6.32. The van der Waals surface area contributed by atoms with Crippen LogP contribution in [0.1, 0.15) is 66.7 Å². The summed E-state index contributed by atoms with van der Waals surface area (Å²) in [5.74, 6) is 0.190. The SMILES string of the molecule is CN1CCN(C2CCN(Cc3ccc(C(=O)NN(c4nc(C#N)ncc4Cl)C4CCCCC4)cc3)CC2)CC1.Cl.Cl. The fourth-order valence-corrected chi connectivity index (χ4v) is 6.24. The molecular weight excluding hydrogens is 583 g/mol. The molecule has 3 aliphatic rings. The Morgan fingerprint density at radius 1 is 1.02 bits per heavy atom. The molecular formula is C29H41Cl3N8O. The first-order chi connectivity index (χ1) is 19.0. The van der Waals surface area contributed by atoms with Gasteiger partial charge in [0, 0.05) is 44.3 Å². The number of hydrazine groups is 1. The van der Waals surface area contributed by atoms with Gasteiger partial charge in [0.2, 0.25) is 5.82 Å². The lowest BCUT2D eigenvalue weighted by atomic mass is 9.95. The van der Waals surface area contributed by atoms with Crippen molar-refractivity contribution in [3.63, 3.8) is 0 Å². The molecule has 224 valence electrons. The highest BCUT2D eigenvalue weighted by atomic mass is 35.5. The molecule has 0 unspecified atom stereocenters. The summed E-state index contributed by atoms with van der Waals surface area (Å²) >= 11 is 6.43. The Bertz CT molecular complexity index is 1160. The van der Waals surface area contributed by atoms with Gasteiger partial charge in [0.1, 0.15) is 11.1 Å². The quantitative estimate of drug-likeness (QED) is 0.450. The second-order valence-corrected chi connectivity index (χ2v) is 11.5. The fourth-order valence-electron chi connectivity index (χ4n) is 6.06. The maximum Gasteiger partial charge on any atom is 0.269 e. The molecule has 0 spiro atoms. The summed E-state index contributed by atoms with van der Waals surface area (Å²) in [6, 6.07) is 10.6. The molecule has 1 aromatic carbocycles. The minimum atomic E-state index is -0.215. The van der Waals surface area contributed by atoms with E-state index in [-0.39, 0.29) is 42.6 Å². The molecule has 2 saturated heterocycles. The average Bonchev–Trinajstić information content (AvgIpc) is 2.98. The highest BCUT2D eigenvalue weighted by Crippen LogP contribution is 2.29. The third kappa shape index (κ3) is 8.66. The maximum atomic E-state index is 13.3. The van der Waals surface area contributed by atoms with E-state index in [9.17, 15) is 10.1 Å². The minimum Gasteiger partial charge on any atom is -0.304 e. The fraction of sp³-hybridized carbons (Fsp3) is 0.586. The van der Waals surface area contributed by atoms with Crippen molar-refractivity contribution in [2.45, 2.75) is 63.6 Å². The van der Waals surface area contributed by atoms with Gasteiger partial charge in [-0.25, -0.2) is 4.98 Å². The zero-order valence-corrected chi connectivity index (χ0v) is 26.1. The maximum absolute atomic E-state index is 13.3. The molecule has 12 heteroatoms. The molecule has 3 heterocycles. The Kier molecular flexibility index (Phi) is 12.9. The van der Waals surface area contributed by atoms with E-state index >= 15 is 0 Å². The lowest BCUT2D eigenvalue weighted by Crippen LogP contribution is -2.52. The van der Waals surface area contributed by atoms with Crippen LogP contribution in [0.15, 0.2) is 30.5 Å². The molecule has 41 heavy (non-hydrogen) atoms. The average molecular weight is 624 g/mol. The number of piperazine rings is 1. The van der Waals surface area contributed by atoms with Gasteiger partial charge >= 0.3 is 0 Å². The summed E-state index contributed by atoms with van der Waals surface area (Å²) in [5, 5.41) is 11.4. The van der Waals surface area contributed by atoms with Crippen molar-refractivity contribution in [2.75, 3.05) is 51.3 Å². The number of hydrogen-bond donors (Lipinski definition) is 1. The van der Waals surface area contributed by atoms with E-state index in [1.165, 1.54) is 57.2 Å². The number of benzene rings is 1. The zero-order valence-electron chi connectivity index (χ0n) is 23.7. The van der Waals surface area contributed by atoms with E-state index < -0.39 is 0 Å². The predicted octanol–water partition coefficient (Wildman–Crippen LogP) is 4.54. The summed E-state index contributed by atoms with van der Waals surface area (Å²) in [4.78, 5) is 29.2. The third-order valence-corrected chi connectivity index (χ3v) is 8.72. The molecule has 1 aromatic heterocycles. The Balaban J connectivity index is 0.00000231. The minimum absolute atomic E-state index is 0. The van der Waals surface area contributed by atoms with Crippen LogP contribution in [0.3, 0.4) is 0 Å². The van der Waals surface area contributed by atoms with Gasteiger partial charge in [-0.3, -0.25) is 25.0 Å². The van der Waals surface area contributed by atoms with Crippen LogP contribution in [-0.2, 0) is 6.54 Å². The van der Waals surface area contributed by atoms with Crippen molar-refractivity contribution in [1.82, 2.24) is 30.1 Å². The molecule has 3 fully saturated rings. The van der Waals surface area contributed by atoms with E-state index in [1.807, 2.05) is 18.2 Å². The third-order valence-electron chi connectivity index (χ3n) is 8.45. The summed E-state index contributed by atoms with van der Waals surface area (Å²) in [6.07, 6.45) is 9.04. The number of amides is 1. The van der Waals surface area contributed by atoms with Gasteiger partial charge in [-0.15, -0.1) is 24.8 Å². The first-order valence-corrected chi connectivity index (χ1v) is 14.6. The Morgan fingerprint density at radius 2 is 1.68 bits per heavy atom. The first kappa shape index (κ1) is 33.3. The van der Waals surface area contributed by atoms with E-state index in [0.717, 1.165) is 45.3 Å². The monoisotopic (exact) mass is 622 g/mol. The van der Waals surface area contributed by atoms with Crippen LogP contribution in [0.2, 0.25) is 5.02 Å². The van der Waals surface area contributed by atoms with Crippen molar-refractivity contribution < 1.29 is 4.79 Å². The first-order valence-electron chi connectivity index (χ1n) is 14.3. The molecule has 0 radical (unpaired) electrons. The van der Waals surface area contributed by atoms with Gasteiger partial charge in [-0.05, 0) is 63.5 Å². The number of aromatic nitrogens is 2. The number of nitrogens with one attached hydrogen (secondary N) is 1. The summed E-state index contributed by atoms with van der Waals surface area (Å²) in [7, 11) is 2.21. The standard InChI is InChI=1S/C29H39ClN8O.2ClH/c1-35-15-17-37(18-16-35)24-11-13-36(14-12-24)21-22-7-9-23(10-8-22)29(39)34-38(25-5-3-2-4-6-25)28-26(30)20-32-27(19-31)33-28;;/h7-10,20,24-25H,2-6,11-18,21H2,1H3,(H,34,39);2*1H. The summed E-state index contributed by atoms with van der Waals surface area (Å²) in [5.41, 5.74) is 4.84. The molecule has 1 saturated carbocycles. The van der Waals surface area contributed by atoms with Crippen LogP contribution in [0.25, 0.3) is 0 Å². The van der Waals surface area contributed by atoms with Crippen LogP contribution in [-0.4, -0.2) is 89.0 Å². The number of rotatable bonds is 7. The molecule has 1 N–H and O–H groups in total. The van der Waals surface area contributed by atoms with Crippen LogP contribution in [0, 0.1) is 11.3 Å². The number of likely N-dealkylation sites (tertiary alicyclic amines) is 1. The Hall–Kier alpha value is -2.19. The van der Waals surface area contributed by atoms with Crippen molar-refractivity contribution in [1.29, 1.82) is 5.26 Å². The molecule has 0 atom stereocenters. The predicted molar refractivity (Wildman–Crippen MR) is 167 cm³/mol. The zero-order chi connectivity index (χ0) is 27.2. The Morgan fingerprint density at radius 3 is 2.32 bits per heavy atom. The molecule has 9 nitrogen and oxygen atoms in total. The van der Waals surface area contributed by atoms with E-state index in [2.05, 4.69) is 49.3 Å². The smallest absolute Gasteiger partial charge is 0.269 e. The number of nitrogens with zero attached hydrogens (tertiary/aromatic N) is 7. The van der Waals surface area contributed by atoms with Crippen LogP contribution in [0.4, 0.5) is 5.82 Å². The van der Waals surface area contributed by atoms with Crippen LogP contribution in [0.5, 0.6) is 0 Å². The van der Waals surface area contributed by atoms with Crippen molar-refractivity contribution in [3.05, 3.63) is 52.4 Å². The topological polar surface area (TPSA) is 91.6 Å². The number of anilines is 1. The van der Waals surface area contributed by atoms with Crippen molar-refractivity contribution >= 4 is 48.1 Å². The van der Waals surface area contributed by atoms with E-state index in [1.54, 1.807) is 5.01 Å². The number of nitriles is 1. The molecule has 2 aliphatic heterocycles. The van der Waals surface area contributed by atoms with E-state index in [0.29, 0.717) is 22.4 Å². The largest absolute Gasteiger partial charge is 0.304 e. The normalized spacial score (nSPS) is 19.4. The molecule has 5 rings (SSSR count). The van der Waals surface area contributed by atoms with Crippen molar-refractivity contribution in [3.8, 4) is 6.07 Å². The molecule has 2 aromatic rings. The lowest BCUT2D eigenvalue weighted by molar-refractivity contribution is 0.0658. The number of carbonyl (C=O) groups is 1. The van der Waals surface area contributed by atoms with Gasteiger partial charge in [0.25, 0.3) is 5.91 Å². The van der Waals surface area contributed by atoms with Gasteiger partial charge in [0.15, 0.2) is 5.82 Å². The second-order valence-electron chi connectivity index (χ2n) is 11.1. The van der Waals surface area contributed by atoms with Crippen molar-refractivity contribution in [2.24, 2.45) is 0 Å². The molecule has 1 amide bonds. The lowest BCUT2D eigenvalue weighted by Gasteiger charge is -2.42. The van der Waals surface area contributed by atoms with Gasteiger partial charge in [0.05, 0.1) is 12.2 Å². The second kappa shape index (κ2) is 15.9. The van der Waals surface area contributed by atoms with Gasteiger partial charge in [-0.2, -0.15) is 10.2 Å². The summed E-state index contributed by atoms with van der Waals surface area (Å²) in [6.45, 7) is 7.84. The number of piperidine rings is 1. The van der Waals surface area contributed by atoms with Gasteiger partial charge < -0.3 is 4.90 Å². The number of carbonyl (C=O) groups excluding carboxylic acids is 1. The number of halogens is 3. The van der Waals surface area contributed by atoms with Crippen LogP contribution >= 0.6 is 36.4 Å². The number of hydrogen-bond acceptors (Lipinski definition) is 8. The Labute approximate surface area is 261 Å². The van der Waals surface area contributed by atoms with E-state index in [4.69, 9.17) is 11.6 Å². The van der Waals surface area contributed by atoms with Gasteiger partial charge in [-0.1, -0.05) is 43.0 Å². The molecule has 1 aliphatic carbocycles. The molecule has 0 bridgehead atoms. The highest BCUT2D eigenvalue weighted by Gasteiger charge is 2.28. The summed E-state index contributed by atoms with van der Waals surface area (Å²) < 4.78 is 0. The number of likely N-dealkylation sites (N-methyl/N-ethyl adjacent to an activating group) is 1. The van der Waals surface area contributed by atoms with Crippen LogP contribution < -0.4 is 10.4 Å².